The van der Waals surface area contributed by atoms with Crippen molar-refractivity contribution >= 4 is 11.9 Å². The number of hydrogen-bond donors (Lipinski definition) is 1. The van der Waals surface area contributed by atoms with E-state index < -0.39 is 11.9 Å². The topological polar surface area (TPSA) is 76.1 Å². The molecule has 3 atom stereocenters. The van der Waals surface area contributed by atoms with E-state index in [1.54, 1.807) is 12.1 Å². The van der Waals surface area contributed by atoms with E-state index in [1.807, 2.05) is 0 Å². The number of esters is 1. The highest BCUT2D eigenvalue weighted by atomic mass is 16.6. The average molecular weight is 262 g/mol. The normalized spacial score (nSPS) is 28.3. The van der Waals surface area contributed by atoms with Crippen molar-refractivity contribution < 1.29 is 24.2 Å². The van der Waals surface area contributed by atoms with Crippen LogP contribution in [0.2, 0.25) is 0 Å². The van der Waals surface area contributed by atoms with E-state index in [1.165, 1.54) is 12.1 Å². The van der Waals surface area contributed by atoms with Crippen LogP contribution in [-0.2, 0) is 9.47 Å². The molecule has 1 aromatic carbocycles. The maximum atomic E-state index is 12.1. The van der Waals surface area contributed by atoms with Crippen molar-refractivity contribution in [2.75, 3.05) is 0 Å². The molecule has 1 N–H and O–H groups in total. The summed E-state index contributed by atoms with van der Waals surface area (Å²) in [6.45, 7) is 0. The maximum absolute atomic E-state index is 12.1. The lowest BCUT2D eigenvalue weighted by atomic mass is 9.97. The molecule has 3 rings (SSSR count). The van der Waals surface area contributed by atoms with Gasteiger partial charge in [-0.05, 0) is 31.4 Å². The number of fused-ring (bicyclic) bond motifs is 1. The predicted octanol–water partition coefficient (Wildman–Crippen LogP) is 1.86. The van der Waals surface area contributed by atoms with Crippen molar-refractivity contribution in [2.24, 2.45) is 0 Å². The minimum Gasteiger partial charge on any atom is -0.478 e. The van der Waals surface area contributed by atoms with Crippen LogP contribution in [0.15, 0.2) is 24.3 Å². The Balaban J connectivity index is 1.75. The first kappa shape index (κ1) is 12.2. The van der Waals surface area contributed by atoms with Crippen molar-refractivity contribution in [3.05, 3.63) is 35.4 Å². The molecule has 100 valence electrons. The monoisotopic (exact) mass is 262 g/mol. The quantitative estimate of drug-likeness (QED) is 0.664. The van der Waals surface area contributed by atoms with Gasteiger partial charge in [0.05, 0.1) is 17.2 Å². The fraction of sp³-hybridized carbons (Fsp3) is 0.429. The number of hydrogen-bond acceptors (Lipinski definition) is 4. The second-order valence-electron chi connectivity index (χ2n) is 4.86. The van der Waals surface area contributed by atoms with Crippen molar-refractivity contribution in [2.45, 2.75) is 37.6 Å². The van der Waals surface area contributed by atoms with Crippen LogP contribution in [0, 0.1) is 0 Å². The summed E-state index contributed by atoms with van der Waals surface area (Å²) in [6, 6.07) is 6.08. The number of carbonyl (C=O) groups is 2. The highest BCUT2D eigenvalue weighted by molar-refractivity contribution is 6.02. The molecule has 1 aliphatic carbocycles. The summed E-state index contributed by atoms with van der Waals surface area (Å²) in [7, 11) is 0. The van der Waals surface area contributed by atoms with Crippen LogP contribution in [0.1, 0.15) is 40.0 Å². The van der Waals surface area contributed by atoms with Crippen LogP contribution in [0.3, 0.4) is 0 Å². The van der Waals surface area contributed by atoms with Crippen LogP contribution >= 0.6 is 0 Å². The Hall–Kier alpha value is -1.88. The highest BCUT2D eigenvalue weighted by Gasteiger charge is 2.49. The lowest BCUT2D eigenvalue weighted by molar-refractivity contribution is 0.0191. The van der Waals surface area contributed by atoms with Gasteiger partial charge in [-0.25, -0.2) is 9.59 Å². The van der Waals surface area contributed by atoms with E-state index in [4.69, 9.17) is 14.6 Å². The molecule has 2 fully saturated rings. The lowest BCUT2D eigenvalue weighted by Gasteiger charge is -2.19. The zero-order valence-electron chi connectivity index (χ0n) is 10.2. The molecule has 2 aliphatic rings. The van der Waals surface area contributed by atoms with Gasteiger partial charge in [-0.2, -0.15) is 0 Å². The molecule has 1 aromatic rings. The van der Waals surface area contributed by atoms with Gasteiger partial charge in [0.1, 0.15) is 12.2 Å². The number of epoxide rings is 1. The SMILES string of the molecule is O=C(O)c1ccccc1C(=O)OC1CCCC2OC12. The van der Waals surface area contributed by atoms with Gasteiger partial charge >= 0.3 is 11.9 Å². The number of benzene rings is 1. The van der Waals surface area contributed by atoms with Gasteiger partial charge in [-0.1, -0.05) is 12.1 Å². The zero-order valence-corrected chi connectivity index (χ0v) is 10.2. The van der Waals surface area contributed by atoms with E-state index in [0.717, 1.165) is 19.3 Å². The van der Waals surface area contributed by atoms with Crippen LogP contribution in [0.4, 0.5) is 0 Å². The van der Waals surface area contributed by atoms with Crippen molar-refractivity contribution in [1.29, 1.82) is 0 Å². The largest absolute Gasteiger partial charge is 0.478 e. The van der Waals surface area contributed by atoms with E-state index >= 15 is 0 Å². The Labute approximate surface area is 110 Å². The van der Waals surface area contributed by atoms with Crippen LogP contribution in [0.5, 0.6) is 0 Å². The van der Waals surface area contributed by atoms with Crippen LogP contribution < -0.4 is 0 Å². The Kier molecular flexibility index (Phi) is 2.98. The smallest absolute Gasteiger partial charge is 0.339 e. The summed E-state index contributed by atoms with van der Waals surface area (Å²) >= 11 is 0. The summed E-state index contributed by atoms with van der Waals surface area (Å²) in [6.07, 6.45) is 2.76. The first-order valence-electron chi connectivity index (χ1n) is 6.35. The van der Waals surface area contributed by atoms with Gasteiger partial charge in [0.15, 0.2) is 0 Å². The van der Waals surface area contributed by atoms with Gasteiger partial charge in [0, 0.05) is 0 Å². The molecule has 0 bridgehead atoms. The van der Waals surface area contributed by atoms with Gasteiger partial charge in [-0.3, -0.25) is 0 Å². The minimum absolute atomic E-state index is 0.00897. The number of carbonyl (C=O) groups excluding carboxylic acids is 1. The van der Waals surface area contributed by atoms with Crippen LogP contribution in [0.25, 0.3) is 0 Å². The van der Waals surface area contributed by atoms with Crippen molar-refractivity contribution in [3.8, 4) is 0 Å². The second kappa shape index (κ2) is 4.66. The molecule has 1 saturated carbocycles. The molecule has 19 heavy (non-hydrogen) atoms. The Bertz CT molecular complexity index is 524. The molecule has 3 unspecified atom stereocenters. The van der Waals surface area contributed by atoms with Gasteiger partial charge in [-0.15, -0.1) is 0 Å². The standard InChI is InChI=1S/C14H14O5/c15-13(16)8-4-1-2-5-9(8)14(17)19-11-7-3-6-10-12(11)18-10/h1-2,4-5,10-12H,3,6-7H2,(H,15,16). The predicted molar refractivity (Wildman–Crippen MR) is 65.1 cm³/mol. The second-order valence-corrected chi connectivity index (χ2v) is 4.86. The Morgan fingerprint density at radius 2 is 1.95 bits per heavy atom. The molecule has 1 aliphatic heterocycles. The van der Waals surface area contributed by atoms with Gasteiger partial charge in [0.2, 0.25) is 0 Å². The summed E-state index contributed by atoms with van der Waals surface area (Å²) in [5.74, 6) is -1.71. The minimum atomic E-state index is -1.13. The lowest BCUT2D eigenvalue weighted by Crippen LogP contribution is -2.28. The number of ether oxygens (including phenoxy) is 2. The maximum Gasteiger partial charge on any atom is 0.339 e. The molecule has 1 heterocycles. The molecule has 1 saturated heterocycles. The fourth-order valence-corrected chi connectivity index (χ4v) is 2.57. The number of aromatic carboxylic acids is 1. The molecule has 0 spiro atoms. The van der Waals surface area contributed by atoms with E-state index in [-0.39, 0.29) is 29.4 Å². The van der Waals surface area contributed by atoms with Gasteiger partial charge < -0.3 is 14.6 Å². The Morgan fingerprint density at radius 1 is 1.21 bits per heavy atom. The third kappa shape index (κ3) is 2.33. The third-order valence-corrected chi connectivity index (χ3v) is 3.60. The summed E-state index contributed by atoms with van der Waals surface area (Å²) in [5, 5.41) is 9.05. The van der Waals surface area contributed by atoms with E-state index in [9.17, 15) is 9.59 Å². The fourth-order valence-electron chi connectivity index (χ4n) is 2.57. The zero-order chi connectivity index (χ0) is 13.4. The molecular weight excluding hydrogens is 248 g/mol. The summed E-state index contributed by atoms with van der Waals surface area (Å²) < 4.78 is 10.8. The van der Waals surface area contributed by atoms with E-state index in [0.29, 0.717) is 0 Å². The molecule has 0 radical (unpaired) electrons. The number of carboxylic acid groups (broad SMARTS) is 1. The summed E-state index contributed by atoms with van der Waals surface area (Å²) in [4.78, 5) is 23.1. The molecule has 5 nitrogen and oxygen atoms in total. The summed E-state index contributed by atoms with van der Waals surface area (Å²) in [5.41, 5.74) is 0.0642. The first-order valence-corrected chi connectivity index (χ1v) is 6.35. The van der Waals surface area contributed by atoms with Crippen molar-refractivity contribution in [3.63, 3.8) is 0 Å². The Morgan fingerprint density at radius 3 is 2.68 bits per heavy atom. The molecule has 0 amide bonds. The average Bonchev–Trinajstić information content (AvgIpc) is 3.19. The van der Waals surface area contributed by atoms with Gasteiger partial charge in [0.25, 0.3) is 0 Å². The third-order valence-electron chi connectivity index (χ3n) is 3.60. The molecule has 0 aromatic heterocycles. The highest BCUT2D eigenvalue weighted by Crippen LogP contribution is 2.38. The first-order chi connectivity index (χ1) is 9.16. The number of carboxylic acids is 1. The number of rotatable bonds is 3. The van der Waals surface area contributed by atoms with E-state index in [2.05, 4.69) is 0 Å². The van der Waals surface area contributed by atoms with Crippen LogP contribution in [-0.4, -0.2) is 35.4 Å². The van der Waals surface area contributed by atoms with Crippen molar-refractivity contribution in [1.82, 2.24) is 0 Å². The molecule has 5 heteroatoms. The molecular formula is C14H14O5.